The van der Waals surface area contributed by atoms with Gasteiger partial charge in [0.15, 0.2) is 5.82 Å². The van der Waals surface area contributed by atoms with Gasteiger partial charge in [0.2, 0.25) is 5.91 Å². The number of nitrogens with zero attached hydrogens (tertiary/aromatic N) is 5. The van der Waals surface area contributed by atoms with Crippen molar-refractivity contribution in [2.24, 2.45) is 0 Å². The van der Waals surface area contributed by atoms with Gasteiger partial charge in [-0.1, -0.05) is 0 Å². The first-order valence-corrected chi connectivity index (χ1v) is 5.90. The second-order valence-electron chi connectivity index (χ2n) is 4.21. The van der Waals surface area contributed by atoms with Gasteiger partial charge in [0, 0.05) is 5.69 Å². The van der Waals surface area contributed by atoms with E-state index in [2.05, 4.69) is 30.8 Å². The Morgan fingerprint density at radius 1 is 1.43 bits per heavy atom. The van der Waals surface area contributed by atoms with Crippen molar-refractivity contribution in [1.29, 1.82) is 0 Å². The predicted molar refractivity (Wildman–Crippen MR) is 67.5 cm³/mol. The highest BCUT2D eigenvalue weighted by atomic mass is 19.3. The van der Waals surface area contributed by atoms with Crippen LogP contribution in [0.25, 0.3) is 11.0 Å². The van der Waals surface area contributed by atoms with Crippen LogP contribution in [0.4, 0.5) is 14.5 Å². The van der Waals surface area contributed by atoms with Gasteiger partial charge in [-0.2, -0.15) is 0 Å². The summed E-state index contributed by atoms with van der Waals surface area (Å²) in [5, 5.41) is 13.0. The van der Waals surface area contributed by atoms with Gasteiger partial charge in [0.05, 0.1) is 11.0 Å². The van der Waals surface area contributed by atoms with E-state index in [4.69, 9.17) is 0 Å². The third-order valence-corrected chi connectivity index (χ3v) is 2.69. The molecule has 0 radical (unpaired) electrons. The number of fused-ring (bicyclic) bond motifs is 1. The van der Waals surface area contributed by atoms with E-state index < -0.39 is 12.2 Å². The number of halogens is 2. The number of carbonyl (C=O) groups excluding carboxylic acids is 1. The van der Waals surface area contributed by atoms with Crippen molar-refractivity contribution in [2.75, 3.05) is 5.32 Å². The summed E-state index contributed by atoms with van der Waals surface area (Å²) >= 11 is 0. The van der Waals surface area contributed by atoms with E-state index in [1.165, 1.54) is 17.1 Å². The van der Waals surface area contributed by atoms with Crippen molar-refractivity contribution in [3.05, 3.63) is 30.4 Å². The van der Waals surface area contributed by atoms with Gasteiger partial charge in [-0.15, -0.1) is 5.10 Å². The zero-order valence-electron chi connectivity index (χ0n) is 10.5. The minimum atomic E-state index is -2.67. The topological polar surface area (TPSA) is 101 Å². The molecule has 0 aliphatic rings. The Morgan fingerprint density at radius 3 is 3.00 bits per heavy atom. The number of H-pyrrole nitrogens is 1. The summed E-state index contributed by atoms with van der Waals surface area (Å²) < 4.78 is 26.3. The molecule has 0 spiro atoms. The summed E-state index contributed by atoms with van der Waals surface area (Å²) in [6.45, 7) is -0.0453. The van der Waals surface area contributed by atoms with E-state index in [0.717, 1.165) is 0 Å². The molecule has 0 saturated carbocycles. The maximum atomic E-state index is 12.5. The lowest BCUT2D eigenvalue weighted by Gasteiger charge is -2.04. The van der Waals surface area contributed by atoms with E-state index in [1.54, 1.807) is 12.1 Å². The highest BCUT2D eigenvalue weighted by Crippen LogP contribution is 2.22. The monoisotopic (exact) mass is 293 g/mol. The Morgan fingerprint density at radius 2 is 2.29 bits per heavy atom. The number of aromatic amines is 1. The summed E-state index contributed by atoms with van der Waals surface area (Å²) in [5.41, 5.74) is 1.29. The van der Waals surface area contributed by atoms with Gasteiger partial charge in [-0.3, -0.25) is 4.79 Å². The van der Waals surface area contributed by atoms with Crippen LogP contribution in [0.5, 0.6) is 0 Å². The number of benzene rings is 1. The second kappa shape index (κ2) is 5.23. The van der Waals surface area contributed by atoms with Crippen molar-refractivity contribution < 1.29 is 13.6 Å². The van der Waals surface area contributed by atoms with Gasteiger partial charge in [-0.05, 0) is 28.6 Å². The average molecular weight is 293 g/mol. The fourth-order valence-electron chi connectivity index (χ4n) is 1.81. The quantitative estimate of drug-likeness (QED) is 0.750. The van der Waals surface area contributed by atoms with Crippen molar-refractivity contribution in [3.63, 3.8) is 0 Å². The summed E-state index contributed by atoms with van der Waals surface area (Å²) in [7, 11) is 0. The highest BCUT2D eigenvalue weighted by Gasteiger charge is 2.13. The number of anilines is 1. The molecule has 0 bridgehead atoms. The summed E-state index contributed by atoms with van der Waals surface area (Å²) in [4.78, 5) is 18.0. The van der Waals surface area contributed by atoms with Crippen LogP contribution in [0.15, 0.2) is 24.5 Å². The molecular formula is C11H9F2N7O. The summed E-state index contributed by atoms with van der Waals surface area (Å²) in [6, 6.07) is 4.66. The number of aromatic nitrogens is 6. The molecule has 2 N–H and O–H groups in total. The maximum absolute atomic E-state index is 12.5. The second-order valence-corrected chi connectivity index (χ2v) is 4.21. The van der Waals surface area contributed by atoms with Gasteiger partial charge >= 0.3 is 0 Å². The first kappa shape index (κ1) is 13.1. The number of amides is 1. The molecular weight excluding hydrogens is 284 g/mol. The molecule has 3 aromatic rings. The molecule has 0 fully saturated rings. The summed E-state index contributed by atoms with van der Waals surface area (Å²) in [5.74, 6) is -0.739. The van der Waals surface area contributed by atoms with Crippen LogP contribution in [0, 0.1) is 0 Å². The standard InChI is InChI=1S/C11H9F2N7O/c12-10(13)11-16-7-2-1-6(3-8(7)17-11)15-9(21)4-20-5-14-18-19-20/h1-3,5,10H,4H2,(H,15,21)(H,16,17). The lowest BCUT2D eigenvalue weighted by molar-refractivity contribution is -0.116. The van der Waals surface area contributed by atoms with E-state index in [9.17, 15) is 13.6 Å². The first-order chi connectivity index (χ1) is 10.1. The van der Waals surface area contributed by atoms with Crippen LogP contribution in [0.3, 0.4) is 0 Å². The Balaban J connectivity index is 1.76. The number of hydrogen-bond donors (Lipinski definition) is 2. The Bertz CT molecular complexity index is 768. The molecule has 1 amide bonds. The lowest BCUT2D eigenvalue weighted by atomic mass is 10.3. The number of carbonyl (C=O) groups is 1. The smallest absolute Gasteiger partial charge is 0.295 e. The number of alkyl halides is 2. The van der Waals surface area contributed by atoms with Crippen LogP contribution in [0.2, 0.25) is 0 Å². The SMILES string of the molecule is O=C(Cn1cnnn1)Nc1ccc2nc(C(F)F)[nH]c2c1. The van der Waals surface area contributed by atoms with Gasteiger partial charge < -0.3 is 10.3 Å². The van der Waals surface area contributed by atoms with E-state index in [0.29, 0.717) is 16.7 Å². The van der Waals surface area contributed by atoms with E-state index in [-0.39, 0.29) is 12.5 Å². The highest BCUT2D eigenvalue weighted by molar-refractivity contribution is 5.92. The normalized spacial score (nSPS) is 11.2. The molecule has 0 aliphatic carbocycles. The van der Waals surface area contributed by atoms with Crippen molar-refractivity contribution in [2.45, 2.75) is 13.0 Å². The third-order valence-electron chi connectivity index (χ3n) is 2.69. The Kier molecular flexibility index (Phi) is 3.26. The van der Waals surface area contributed by atoms with Gasteiger partial charge in [-0.25, -0.2) is 18.4 Å². The molecule has 108 valence electrons. The number of tetrazole rings is 1. The maximum Gasteiger partial charge on any atom is 0.295 e. The third kappa shape index (κ3) is 2.83. The fraction of sp³-hybridized carbons (Fsp3) is 0.182. The van der Waals surface area contributed by atoms with Crippen LogP contribution in [-0.2, 0) is 11.3 Å². The largest absolute Gasteiger partial charge is 0.337 e. The molecule has 0 atom stereocenters. The molecule has 0 aliphatic heterocycles. The molecule has 1 aromatic carbocycles. The minimum Gasteiger partial charge on any atom is -0.337 e. The van der Waals surface area contributed by atoms with Crippen LogP contribution in [-0.4, -0.2) is 36.1 Å². The molecule has 2 heterocycles. The van der Waals surface area contributed by atoms with Gasteiger partial charge in [0.25, 0.3) is 6.43 Å². The van der Waals surface area contributed by atoms with Crippen molar-refractivity contribution in [1.82, 2.24) is 30.2 Å². The molecule has 3 rings (SSSR count). The van der Waals surface area contributed by atoms with E-state index in [1.807, 2.05) is 0 Å². The molecule has 21 heavy (non-hydrogen) atoms. The van der Waals surface area contributed by atoms with Crippen LogP contribution in [0.1, 0.15) is 12.2 Å². The summed E-state index contributed by atoms with van der Waals surface area (Å²) in [6.07, 6.45) is -1.36. The molecule has 10 heteroatoms. The molecule has 0 saturated heterocycles. The Hall–Kier alpha value is -2.91. The predicted octanol–water partition coefficient (Wildman–Crippen LogP) is 1.13. The van der Waals surface area contributed by atoms with Crippen LogP contribution < -0.4 is 5.32 Å². The lowest BCUT2D eigenvalue weighted by Crippen LogP contribution is -2.19. The zero-order chi connectivity index (χ0) is 14.8. The Labute approximate surface area is 116 Å². The zero-order valence-corrected chi connectivity index (χ0v) is 10.5. The number of rotatable bonds is 4. The minimum absolute atomic E-state index is 0.0453. The fourth-order valence-corrected chi connectivity index (χ4v) is 1.81. The van der Waals surface area contributed by atoms with Crippen LogP contribution >= 0.6 is 0 Å². The molecule has 0 unspecified atom stereocenters. The van der Waals surface area contributed by atoms with Gasteiger partial charge in [0.1, 0.15) is 12.9 Å². The average Bonchev–Trinajstić information content (AvgIpc) is 3.06. The van der Waals surface area contributed by atoms with E-state index >= 15 is 0 Å². The molecule has 8 nitrogen and oxygen atoms in total. The first-order valence-electron chi connectivity index (χ1n) is 5.90. The number of nitrogens with one attached hydrogen (secondary N) is 2. The number of hydrogen-bond acceptors (Lipinski definition) is 5. The number of imidazole rings is 1. The van der Waals surface area contributed by atoms with Crippen molar-refractivity contribution in [3.8, 4) is 0 Å². The molecule has 2 aromatic heterocycles. The van der Waals surface area contributed by atoms with Crippen molar-refractivity contribution >= 4 is 22.6 Å².